The van der Waals surface area contributed by atoms with Crippen molar-refractivity contribution in [1.29, 1.82) is 0 Å². The molecular weight excluding hydrogens is 414 g/mol. The third-order valence-electron chi connectivity index (χ3n) is 6.10. The zero-order chi connectivity index (χ0) is 23.2. The van der Waals surface area contributed by atoms with Gasteiger partial charge in [-0.3, -0.25) is 9.59 Å². The van der Waals surface area contributed by atoms with E-state index < -0.39 is 12.1 Å². The van der Waals surface area contributed by atoms with Gasteiger partial charge in [0.25, 0.3) is 0 Å². The summed E-state index contributed by atoms with van der Waals surface area (Å²) in [5, 5.41) is 12.5. The van der Waals surface area contributed by atoms with Gasteiger partial charge < -0.3 is 21.1 Å². The number of nitrogens with two attached hydrogens (primary N) is 1. The van der Waals surface area contributed by atoms with E-state index in [9.17, 15) is 14.7 Å². The molecule has 3 aromatic carbocycles. The van der Waals surface area contributed by atoms with Crippen molar-refractivity contribution in [3.05, 3.63) is 101 Å². The molecule has 1 aliphatic heterocycles. The van der Waals surface area contributed by atoms with E-state index in [1.807, 2.05) is 54.6 Å². The molecule has 6 heteroatoms. The van der Waals surface area contributed by atoms with Gasteiger partial charge >= 0.3 is 0 Å². The minimum atomic E-state index is -0.778. The normalized spacial score (nSPS) is 16.0. The molecule has 1 aliphatic rings. The molecular formula is C27H29N3O3. The third-order valence-corrected chi connectivity index (χ3v) is 6.10. The van der Waals surface area contributed by atoms with E-state index in [1.54, 1.807) is 29.2 Å². The molecule has 2 atom stereocenters. The fraction of sp³-hybridized carbons (Fsp3) is 0.259. The van der Waals surface area contributed by atoms with Gasteiger partial charge in [0.2, 0.25) is 11.8 Å². The van der Waals surface area contributed by atoms with Crippen molar-refractivity contribution in [2.75, 3.05) is 6.54 Å². The van der Waals surface area contributed by atoms with E-state index in [0.717, 1.165) is 28.7 Å². The van der Waals surface area contributed by atoms with Gasteiger partial charge in [-0.2, -0.15) is 0 Å². The van der Waals surface area contributed by atoms with Crippen LogP contribution in [0.2, 0.25) is 0 Å². The highest BCUT2D eigenvalue weighted by molar-refractivity contribution is 5.90. The van der Waals surface area contributed by atoms with Gasteiger partial charge in [0.1, 0.15) is 11.8 Å². The monoisotopic (exact) mass is 443 g/mol. The maximum Gasteiger partial charge on any atom is 0.243 e. The van der Waals surface area contributed by atoms with Crippen LogP contribution in [0.5, 0.6) is 5.75 Å². The number of amides is 2. The highest BCUT2D eigenvalue weighted by Gasteiger charge is 2.36. The molecule has 0 aliphatic carbocycles. The molecule has 6 nitrogen and oxygen atoms in total. The Morgan fingerprint density at radius 3 is 2.33 bits per heavy atom. The molecule has 2 amide bonds. The standard InChI is InChI=1S/C27H29N3O3/c28-24(16-20-10-12-23(31)13-11-20)27(33)30-18-22-9-5-4-8-21(22)17-25(30)26(32)29-15-14-19-6-2-1-3-7-19/h1-13,24-25,31H,14-18,28H2,(H,29,32)/t24-,25+/m0/s1. The number of nitrogens with one attached hydrogen (secondary N) is 1. The Morgan fingerprint density at radius 2 is 1.61 bits per heavy atom. The second-order valence-electron chi connectivity index (χ2n) is 8.46. The zero-order valence-corrected chi connectivity index (χ0v) is 18.5. The number of phenols is 1. The van der Waals surface area contributed by atoms with Gasteiger partial charge in [-0.1, -0.05) is 66.7 Å². The lowest BCUT2D eigenvalue weighted by Gasteiger charge is -2.37. The van der Waals surface area contributed by atoms with Crippen molar-refractivity contribution in [3.8, 4) is 5.75 Å². The van der Waals surface area contributed by atoms with E-state index in [0.29, 0.717) is 25.9 Å². The number of aromatic hydroxyl groups is 1. The minimum Gasteiger partial charge on any atom is -0.508 e. The Morgan fingerprint density at radius 1 is 0.939 bits per heavy atom. The molecule has 4 N–H and O–H groups in total. The predicted molar refractivity (Wildman–Crippen MR) is 127 cm³/mol. The summed E-state index contributed by atoms with van der Waals surface area (Å²) < 4.78 is 0. The van der Waals surface area contributed by atoms with E-state index in [1.165, 1.54) is 0 Å². The van der Waals surface area contributed by atoms with Crippen molar-refractivity contribution < 1.29 is 14.7 Å². The van der Waals surface area contributed by atoms with Crippen LogP contribution in [0.4, 0.5) is 0 Å². The zero-order valence-electron chi connectivity index (χ0n) is 18.5. The van der Waals surface area contributed by atoms with E-state index in [-0.39, 0.29) is 17.6 Å². The Hall–Kier alpha value is -3.64. The first-order chi connectivity index (χ1) is 16.0. The molecule has 1 heterocycles. The lowest BCUT2D eigenvalue weighted by molar-refractivity contribution is -0.142. The van der Waals surface area contributed by atoms with Gasteiger partial charge in [0, 0.05) is 19.5 Å². The molecule has 4 rings (SSSR count). The van der Waals surface area contributed by atoms with E-state index in [2.05, 4.69) is 5.32 Å². The number of carbonyl (C=O) groups excluding carboxylic acids is 2. The first-order valence-electron chi connectivity index (χ1n) is 11.2. The van der Waals surface area contributed by atoms with Crippen molar-refractivity contribution in [2.24, 2.45) is 5.73 Å². The summed E-state index contributed by atoms with van der Waals surface area (Å²) in [6, 6.07) is 23.2. The van der Waals surface area contributed by atoms with Gasteiger partial charge in [0.15, 0.2) is 0 Å². The molecule has 170 valence electrons. The summed E-state index contributed by atoms with van der Waals surface area (Å²) in [6.45, 7) is 0.859. The van der Waals surface area contributed by atoms with Crippen LogP contribution in [-0.4, -0.2) is 40.4 Å². The highest BCUT2D eigenvalue weighted by atomic mass is 16.3. The van der Waals surface area contributed by atoms with Crippen molar-refractivity contribution >= 4 is 11.8 Å². The lowest BCUT2D eigenvalue weighted by Crippen LogP contribution is -2.56. The van der Waals surface area contributed by atoms with E-state index in [4.69, 9.17) is 5.73 Å². The van der Waals surface area contributed by atoms with Crippen molar-refractivity contribution in [1.82, 2.24) is 10.2 Å². The number of hydrogen-bond donors (Lipinski definition) is 3. The lowest BCUT2D eigenvalue weighted by atomic mass is 9.92. The number of rotatable bonds is 7. The van der Waals surface area contributed by atoms with Crippen LogP contribution in [0, 0.1) is 0 Å². The maximum absolute atomic E-state index is 13.4. The molecule has 0 saturated carbocycles. The number of fused-ring (bicyclic) bond motifs is 1. The summed E-state index contributed by atoms with van der Waals surface area (Å²) in [5.74, 6) is -0.245. The molecule has 0 bridgehead atoms. The second-order valence-corrected chi connectivity index (χ2v) is 8.46. The number of nitrogens with zero attached hydrogens (tertiary/aromatic N) is 1. The topological polar surface area (TPSA) is 95.7 Å². The van der Waals surface area contributed by atoms with Crippen LogP contribution in [-0.2, 0) is 35.4 Å². The molecule has 0 spiro atoms. The maximum atomic E-state index is 13.4. The van der Waals surface area contributed by atoms with Gasteiger partial charge in [-0.15, -0.1) is 0 Å². The Bertz CT molecular complexity index is 1100. The third kappa shape index (κ3) is 5.59. The summed E-state index contributed by atoms with van der Waals surface area (Å²) in [5.41, 5.74) is 10.4. The van der Waals surface area contributed by atoms with Gasteiger partial charge in [0.05, 0.1) is 6.04 Å². The van der Waals surface area contributed by atoms with Crippen LogP contribution in [0.1, 0.15) is 22.3 Å². The fourth-order valence-corrected chi connectivity index (χ4v) is 4.27. The Labute approximate surface area is 194 Å². The number of carbonyl (C=O) groups is 2. The van der Waals surface area contributed by atoms with E-state index >= 15 is 0 Å². The first kappa shape index (κ1) is 22.6. The fourth-order valence-electron chi connectivity index (χ4n) is 4.27. The average molecular weight is 444 g/mol. The summed E-state index contributed by atoms with van der Waals surface area (Å²) in [6.07, 6.45) is 1.52. The van der Waals surface area contributed by atoms with Crippen LogP contribution in [0.15, 0.2) is 78.9 Å². The predicted octanol–water partition coefficient (Wildman–Crippen LogP) is 2.57. The van der Waals surface area contributed by atoms with Gasteiger partial charge in [-0.05, 0) is 47.2 Å². The average Bonchev–Trinajstić information content (AvgIpc) is 2.84. The molecule has 0 radical (unpaired) electrons. The first-order valence-corrected chi connectivity index (χ1v) is 11.2. The summed E-state index contributed by atoms with van der Waals surface area (Å²) >= 11 is 0. The molecule has 3 aromatic rings. The summed E-state index contributed by atoms with van der Waals surface area (Å²) in [7, 11) is 0. The van der Waals surface area contributed by atoms with Gasteiger partial charge in [-0.25, -0.2) is 0 Å². The molecule has 0 saturated heterocycles. The summed E-state index contributed by atoms with van der Waals surface area (Å²) in [4.78, 5) is 28.1. The molecule has 33 heavy (non-hydrogen) atoms. The Balaban J connectivity index is 1.47. The van der Waals surface area contributed by atoms with Crippen LogP contribution in [0.25, 0.3) is 0 Å². The second kappa shape index (κ2) is 10.3. The highest BCUT2D eigenvalue weighted by Crippen LogP contribution is 2.24. The van der Waals surface area contributed by atoms with Crippen LogP contribution in [0.3, 0.4) is 0 Å². The smallest absolute Gasteiger partial charge is 0.243 e. The van der Waals surface area contributed by atoms with Crippen LogP contribution >= 0.6 is 0 Å². The largest absolute Gasteiger partial charge is 0.508 e. The number of hydrogen-bond acceptors (Lipinski definition) is 4. The Kier molecular flexibility index (Phi) is 7.05. The number of phenolic OH excluding ortho intramolecular Hbond substituents is 1. The van der Waals surface area contributed by atoms with Crippen molar-refractivity contribution in [2.45, 2.75) is 37.9 Å². The quantitative estimate of drug-likeness (QED) is 0.523. The molecule has 0 aromatic heterocycles. The number of benzene rings is 3. The molecule has 0 fully saturated rings. The molecule has 0 unspecified atom stereocenters. The van der Waals surface area contributed by atoms with Crippen molar-refractivity contribution in [3.63, 3.8) is 0 Å². The van der Waals surface area contributed by atoms with Crippen LogP contribution < -0.4 is 11.1 Å². The minimum absolute atomic E-state index is 0.161. The SMILES string of the molecule is N[C@@H](Cc1ccc(O)cc1)C(=O)N1Cc2ccccc2C[C@@H]1C(=O)NCCc1ccccc1.